The van der Waals surface area contributed by atoms with Crippen LogP contribution in [0.25, 0.3) is 5.69 Å². The van der Waals surface area contributed by atoms with Crippen LogP contribution in [0.3, 0.4) is 0 Å². The summed E-state index contributed by atoms with van der Waals surface area (Å²) in [4.78, 5) is 24.1. The zero-order chi connectivity index (χ0) is 20.1. The van der Waals surface area contributed by atoms with Gasteiger partial charge in [-0.2, -0.15) is 5.10 Å². The lowest BCUT2D eigenvalue weighted by Crippen LogP contribution is -2.23. The average Bonchev–Trinajstić information content (AvgIpc) is 3.06. The average molecular weight is 399 g/mol. The summed E-state index contributed by atoms with van der Waals surface area (Å²) in [6.45, 7) is 3.56. The highest BCUT2D eigenvalue weighted by molar-refractivity contribution is 7.98. The van der Waals surface area contributed by atoms with Gasteiger partial charge in [0.25, 0.3) is 0 Å². The van der Waals surface area contributed by atoms with Gasteiger partial charge in [-0.15, -0.1) is 11.8 Å². The number of aryl methyl sites for hydroxylation is 2. The number of thioether (sulfide) groups is 1. The molecule has 0 saturated heterocycles. The van der Waals surface area contributed by atoms with E-state index < -0.39 is 5.97 Å². The van der Waals surface area contributed by atoms with E-state index in [0.717, 1.165) is 22.6 Å². The fraction of sp³-hybridized carbons (Fsp3) is 0.250. The van der Waals surface area contributed by atoms with Crippen molar-refractivity contribution in [3.05, 3.63) is 70.4 Å². The summed E-state index contributed by atoms with van der Waals surface area (Å²) in [5.41, 5.74) is 2.63. The van der Waals surface area contributed by atoms with Crippen LogP contribution in [0.5, 0.6) is 5.75 Å². The maximum atomic E-state index is 12.6. The molecular weight excluding hydrogens is 378 g/mol. The Kier molecular flexibility index (Phi) is 6.20. The molecule has 0 radical (unpaired) electrons. The lowest BCUT2D eigenvalue weighted by molar-refractivity contribution is -0.139. The van der Waals surface area contributed by atoms with Gasteiger partial charge >= 0.3 is 11.7 Å². The van der Waals surface area contributed by atoms with Crippen LogP contribution in [0.2, 0.25) is 0 Å². The number of carboxylic acids is 1. The van der Waals surface area contributed by atoms with E-state index in [0.29, 0.717) is 11.6 Å². The van der Waals surface area contributed by atoms with Crippen LogP contribution in [0.1, 0.15) is 18.1 Å². The maximum Gasteiger partial charge on any atom is 0.351 e. The second-order valence-corrected chi connectivity index (χ2v) is 7.20. The summed E-state index contributed by atoms with van der Waals surface area (Å²) in [6, 6.07) is 13.3. The molecule has 0 bridgehead atoms. The van der Waals surface area contributed by atoms with Crippen LogP contribution in [-0.2, 0) is 17.1 Å². The highest BCUT2D eigenvalue weighted by Crippen LogP contribution is 2.26. The van der Waals surface area contributed by atoms with Crippen molar-refractivity contribution < 1.29 is 14.6 Å². The van der Waals surface area contributed by atoms with Crippen molar-refractivity contribution >= 4 is 17.7 Å². The summed E-state index contributed by atoms with van der Waals surface area (Å²) in [5, 5.41) is 12.9. The molecule has 0 spiro atoms. The number of aliphatic carboxylic acids is 1. The SMILES string of the molecule is CCc1ccc(-n2cnn(CSc3ccc(OCC(=O)O)c(C)c3)c2=O)cc1. The molecule has 0 aliphatic heterocycles. The number of carboxylic acid groups (broad SMARTS) is 1. The molecule has 7 nitrogen and oxygen atoms in total. The van der Waals surface area contributed by atoms with Crippen molar-refractivity contribution in [1.29, 1.82) is 0 Å². The summed E-state index contributed by atoms with van der Waals surface area (Å²) in [7, 11) is 0. The number of hydrogen-bond donors (Lipinski definition) is 1. The maximum absolute atomic E-state index is 12.6. The van der Waals surface area contributed by atoms with Crippen molar-refractivity contribution in [2.75, 3.05) is 6.61 Å². The van der Waals surface area contributed by atoms with Crippen LogP contribution < -0.4 is 10.4 Å². The van der Waals surface area contributed by atoms with E-state index in [9.17, 15) is 9.59 Å². The van der Waals surface area contributed by atoms with Gasteiger partial charge in [0.05, 0.1) is 11.6 Å². The van der Waals surface area contributed by atoms with E-state index in [1.54, 1.807) is 6.07 Å². The summed E-state index contributed by atoms with van der Waals surface area (Å²) in [5.74, 6) is -0.117. The highest BCUT2D eigenvalue weighted by atomic mass is 32.2. The Morgan fingerprint density at radius 2 is 1.96 bits per heavy atom. The van der Waals surface area contributed by atoms with Crippen LogP contribution >= 0.6 is 11.8 Å². The molecule has 1 heterocycles. The number of rotatable bonds is 8. The normalized spacial score (nSPS) is 10.8. The summed E-state index contributed by atoms with van der Waals surface area (Å²) in [6.07, 6.45) is 2.47. The Hall–Kier alpha value is -3.00. The third-order valence-corrected chi connectivity index (χ3v) is 5.17. The Balaban J connectivity index is 1.68. The first kappa shape index (κ1) is 19.8. The summed E-state index contributed by atoms with van der Waals surface area (Å²) < 4.78 is 8.15. The molecule has 28 heavy (non-hydrogen) atoms. The molecule has 3 rings (SSSR count). The monoisotopic (exact) mass is 399 g/mol. The van der Waals surface area contributed by atoms with Crippen LogP contribution in [-0.4, -0.2) is 32.0 Å². The molecule has 3 aromatic rings. The quantitative estimate of drug-likeness (QED) is 0.586. The number of ether oxygens (including phenoxy) is 1. The van der Waals surface area contributed by atoms with E-state index in [4.69, 9.17) is 9.84 Å². The molecule has 0 aliphatic carbocycles. The minimum Gasteiger partial charge on any atom is -0.482 e. The van der Waals surface area contributed by atoms with Gasteiger partial charge in [0.2, 0.25) is 0 Å². The fourth-order valence-corrected chi connectivity index (χ4v) is 3.52. The number of aromatic nitrogens is 3. The van der Waals surface area contributed by atoms with Crippen molar-refractivity contribution in [1.82, 2.24) is 14.3 Å². The standard InChI is InChI=1S/C20H21N3O4S/c1-3-15-4-6-16(7-5-15)22-12-21-23(20(22)26)13-28-17-8-9-18(14(2)10-17)27-11-19(24)25/h4-10,12H,3,11,13H2,1-2H3,(H,24,25). The fourth-order valence-electron chi connectivity index (χ4n) is 2.64. The van der Waals surface area contributed by atoms with Crippen LogP contribution in [0.15, 0.2) is 58.5 Å². The lowest BCUT2D eigenvalue weighted by Gasteiger charge is -2.09. The van der Waals surface area contributed by atoms with E-state index in [1.165, 1.54) is 32.9 Å². The molecule has 1 aromatic heterocycles. The predicted molar refractivity (Wildman–Crippen MR) is 107 cm³/mol. The molecule has 8 heteroatoms. The van der Waals surface area contributed by atoms with E-state index in [1.807, 2.05) is 43.3 Å². The second-order valence-electron chi connectivity index (χ2n) is 6.19. The van der Waals surface area contributed by atoms with Gasteiger partial charge in [-0.3, -0.25) is 0 Å². The Morgan fingerprint density at radius 3 is 2.61 bits per heavy atom. The first-order chi connectivity index (χ1) is 13.5. The Morgan fingerprint density at radius 1 is 1.21 bits per heavy atom. The van der Waals surface area contributed by atoms with Gasteiger partial charge in [0.1, 0.15) is 12.1 Å². The third kappa shape index (κ3) is 4.64. The number of hydrogen-bond acceptors (Lipinski definition) is 5. The van der Waals surface area contributed by atoms with Crippen LogP contribution in [0, 0.1) is 6.92 Å². The molecule has 0 unspecified atom stereocenters. The Labute approximate surface area is 166 Å². The largest absolute Gasteiger partial charge is 0.482 e. The minimum absolute atomic E-state index is 0.199. The second kappa shape index (κ2) is 8.79. The van der Waals surface area contributed by atoms with Gasteiger partial charge in [0.15, 0.2) is 6.61 Å². The van der Waals surface area contributed by atoms with Crippen LogP contribution in [0.4, 0.5) is 0 Å². The van der Waals surface area contributed by atoms with Crippen molar-refractivity contribution in [3.8, 4) is 11.4 Å². The first-order valence-electron chi connectivity index (χ1n) is 8.79. The molecule has 1 N–H and O–H groups in total. The van der Waals surface area contributed by atoms with E-state index in [-0.39, 0.29) is 12.3 Å². The minimum atomic E-state index is -1.02. The third-order valence-electron chi connectivity index (χ3n) is 4.21. The predicted octanol–water partition coefficient (Wildman–Crippen LogP) is 3.12. The van der Waals surface area contributed by atoms with E-state index >= 15 is 0 Å². The molecule has 0 atom stereocenters. The van der Waals surface area contributed by atoms with Gasteiger partial charge in [0, 0.05) is 4.90 Å². The first-order valence-corrected chi connectivity index (χ1v) is 9.78. The zero-order valence-corrected chi connectivity index (χ0v) is 16.5. The lowest BCUT2D eigenvalue weighted by atomic mass is 10.1. The van der Waals surface area contributed by atoms with Gasteiger partial charge < -0.3 is 9.84 Å². The zero-order valence-electron chi connectivity index (χ0n) is 15.7. The number of carbonyl (C=O) groups is 1. The molecule has 2 aromatic carbocycles. The molecule has 146 valence electrons. The molecule has 0 amide bonds. The summed E-state index contributed by atoms with van der Waals surface area (Å²) >= 11 is 1.46. The topological polar surface area (TPSA) is 86.3 Å². The van der Waals surface area contributed by atoms with Crippen molar-refractivity contribution in [2.45, 2.75) is 31.0 Å². The smallest absolute Gasteiger partial charge is 0.351 e. The molecular formula is C20H21N3O4S. The van der Waals surface area contributed by atoms with Gasteiger partial charge in [-0.05, 0) is 54.8 Å². The van der Waals surface area contributed by atoms with Gasteiger partial charge in [-0.1, -0.05) is 19.1 Å². The highest BCUT2D eigenvalue weighted by Gasteiger charge is 2.09. The molecule has 0 saturated carbocycles. The van der Waals surface area contributed by atoms with Crippen molar-refractivity contribution in [2.24, 2.45) is 0 Å². The molecule has 0 fully saturated rings. The Bertz CT molecular complexity index is 1020. The number of nitrogens with zero attached hydrogens (tertiary/aromatic N) is 3. The molecule has 0 aliphatic rings. The van der Waals surface area contributed by atoms with Gasteiger partial charge in [-0.25, -0.2) is 18.8 Å². The van der Waals surface area contributed by atoms with E-state index in [2.05, 4.69) is 12.0 Å². The number of benzene rings is 2. The van der Waals surface area contributed by atoms with Crippen molar-refractivity contribution in [3.63, 3.8) is 0 Å².